The normalized spacial score (nSPS) is 19.4. The third-order valence-electron chi connectivity index (χ3n) is 5.68. The Labute approximate surface area is 177 Å². The van der Waals surface area contributed by atoms with Crippen LogP contribution in [-0.2, 0) is 17.8 Å². The van der Waals surface area contributed by atoms with E-state index in [0.29, 0.717) is 6.61 Å². The number of anilines is 1. The molecule has 5 nitrogen and oxygen atoms in total. The molecular weight excluding hydrogens is 388 g/mol. The van der Waals surface area contributed by atoms with Gasteiger partial charge in [-0.25, -0.2) is 9.97 Å². The van der Waals surface area contributed by atoms with Crippen molar-refractivity contribution in [3.63, 3.8) is 0 Å². The van der Waals surface area contributed by atoms with Crippen molar-refractivity contribution in [2.75, 3.05) is 37.2 Å². The highest BCUT2D eigenvalue weighted by Gasteiger charge is 2.33. The van der Waals surface area contributed by atoms with Crippen LogP contribution in [-0.4, -0.2) is 52.4 Å². The van der Waals surface area contributed by atoms with Crippen LogP contribution in [0.1, 0.15) is 57.9 Å². The van der Waals surface area contributed by atoms with Gasteiger partial charge in [-0.15, -0.1) is 11.3 Å². The number of hydrogen-bond acceptors (Lipinski definition) is 7. The van der Waals surface area contributed by atoms with Crippen molar-refractivity contribution in [1.82, 2.24) is 14.9 Å². The number of thioether (sulfide) groups is 1. The van der Waals surface area contributed by atoms with Crippen molar-refractivity contribution in [2.45, 2.75) is 71.2 Å². The van der Waals surface area contributed by atoms with Gasteiger partial charge in [-0.1, -0.05) is 39.5 Å². The third-order valence-corrected chi connectivity index (χ3v) is 7.50. The van der Waals surface area contributed by atoms with Crippen LogP contribution in [0.4, 0.5) is 5.82 Å². The van der Waals surface area contributed by atoms with E-state index in [4.69, 9.17) is 14.7 Å². The maximum atomic E-state index is 6.17. The summed E-state index contributed by atoms with van der Waals surface area (Å²) >= 11 is 3.49. The minimum atomic E-state index is -0.0854. The Morgan fingerprint density at radius 2 is 2.00 bits per heavy atom. The largest absolute Gasteiger partial charge is 0.369 e. The minimum absolute atomic E-state index is 0.0854. The van der Waals surface area contributed by atoms with E-state index >= 15 is 0 Å². The Morgan fingerprint density at radius 1 is 1.21 bits per heavy atom. The lowest BCUT2D eigenvalue weighted by Crippen LogP contribution is -2.34. The predicted molar refractivity (Wildman–Crippen MR) is 122 cm³/mol. The molecule has 0 spiro atoms. The highest BCUT2D eigenvalue weighted by atomic mass is 32.2. The molecule has 2 aromatic rings. The summed E-state index contributed by atoms with van der Waals surface area (Å²) in [6.07, 6.45) is 3.07. The van der Waals surface area contributed by atoms with E-state index in [2.05, 4.69) is 44.8 Å². The number of ether oxygens (including phenoxy) is 1. The second-order valence-electron chi connectivity index (χ2n) is 7.55. The Hall–Kier alpha value is -0.890. The number of fused-ring (bicyclic) bond motifs is 3. The summed E-state index contributed by atoms with van der Waals surface area (Å²) in [6.45, 7) is 16.0. The summed E-state index contributed by atoms with van der Waals surface area (Å²) in [5.41, 5.74) is 1.31. The monoisotopic (exact) mass is 422 g/mol. The topological polar surface area (TPSA) is 50.3 Å². The molecule has 2 aromatic heterocycles. The van der Waals surface area contributed by atoms with Crippen LogP contribution in [0.2, 0.25) is 0 Å². The van der Waals surface area contributed by atoms with Gasteiger partial charge in [-0.3, -0.25) is 0 Å². The molecule has 0 saturated carbocycles. The fourth-order valence-electron chi connectivity index (χ4n) is 3.65. The van der Waals surface area contributed by atoms with E-state index in [1.807, 2.05) is 0 Å². The van der Waals surface area contributed by atoms with Gasteiger partial charge >= 0.3 is 0 Å². The molecule has 3 heterocycles. The van der Waals surface area contributed by atoms with E-state index < -0.39 is 0 Å². The Bertz CT molecular complexity index is 790. The second-order valence-corrected chi connectivity index (χ2v) is 9.86. The second kappa shape index (κ2) is 9.74. The third kappa shape index (κ3) is 4.81. The van der Waals surface area contributed by atoms with Gasteiger partial charge in [0.05, 0.1) is 17.6 Å². The quantitative estimate of drug-likeness (QED) is 0.323. The van der Waals surface area contributed by atoms with Crippen LogP contribution in [0.15, 0.2) is 5.16 Å². The summed E-state index contributed by atoms with van der Waals surface area (Å²) in [6, 6.07) is 0. The van der Waals surface area contributed by atoms with Crippen LogP contribution in [0.25, 0.3) is 10.2 Å². The first-order valence-corrected chi connectivity index (χ1v) is 12.4. The van der Waals surface area contributed by atoms with Crippen molar-refractivity contribution in [3.05, 3.63) is 10.4 Å². The minimum Gasteiger partial charge on any atom is -0.369 e. The molecule has 156 valence electrons. The Kier molecular flexibility index (Phi) is 7.59. The molecule has 0 amide bonds. The number of thiophene rings is 1. The molecule has 0 unspecified atom stereocenters. The molecule has 1 aliphatic heterocycles. The van der Waals surface area contributed by atoms with Gasteiger partial charge in [0.25, 0.3) is 0 Å². The Balaban J connectivity index is 1.87. The van der Waals surface area contributed by atoms with Crippen LogP contribution in [0.3, 0.4) is 0 Å². The molecule has 1 N–H and O–H groups in total. The molecule has 1 aliphatic rings. The Morgan fingerprint density at radius 3 is 2.68 bits per heavy atom. The maximum Gasteiger partial charge on any atom is 0.190 e. The first-order valence-electron chi connectivity index (χ1n) is 10.6. The molecule has 7 heteroatoms. The lowest BCUT2D eigenvalue weighted by Gasteiger charge is -2.33. The smallest absolute Gasteiger partial charge is 0.190 e. The molecule has 0 radical (unpaired) electrons. The number of aromatic nitrogens is 2. The van der Waals surface area contributed by atoms with Crippen LogP contribution in [0.5, 0.6) is 0 Å². The summed E-state index contributed by atoms with van der Waals surface area (Å²) < 4.78 is 6.17. The average Bonchev–Trinajstić information content (AvgIpc) is 3.05. The summed E-state index contributed by atoms with van der Waals surface area (Å²) in [5.74, 6) is 1.99. The van der Waals surface area contributed by atoms with Gasteiger partial charge in [-0.2, -0.15) is 0 Å². The number of nitrogens with one attached hydrogen (secondary N) is 1. The SMILES string of the molecule is CCSc1nc(NCCCN(CC)CC)c2c3c(sc2n1)CO[C@@](C)(CC)C3. The summed E-state index contributed by atoms with van der Waals surface area (Å²) in [5, 5.41) is 5.75. The molecule has 1 atom stereocenters. The predicted octanol–water partition coefficient (Wildman–Crippen LogP) is 5.19. The molecular formula is C21H34N4OS2. The molecule has 0 saturated heterocycles. The van der Waals surface area contributed by atoms with E-state index in [-0.39, 0.29) is 5.60 Å². The standard InChI is InChI=1S/C21H34N4OS2/c1-6-21(5)13-15-16(14-26-21)28-19-17(15)18(23-20(24-19)27-9-4)22-11-10-12-25(7-2)8-3/h6-14H2,1-5H3,(H,22,23,24)/t21-/m0/s1. The van der Waals surface area contributed by atoms with Crippen LogP contribution < -0.4 is 5.32 Å². The number of nitrogens with zero attached hydrogens (tertiary/aromatic N) is 3. The fourth-order valence-corrected chi connectivity index (χ4v) is 5.38. The molecule has 3 rings (SSSR count). The van der Waals surface area contributed by atoms with E-state index in [1.54, 1.807) is 23.1 Å². The van der Waals surface area contributed by atoms with Crippen LogP contribution >= 0.6 is 23.1 Å². The van der Waals surface area contributed by atoms with Gasteiger partial charge in [0, 0.05) is 17.8 Å². The van der Waals surface area contributed by atoms with E-state index in [0.717, 1.165) is 67.0 Å². The molecule has 0 fully saturated rings. The molecule has 0 bridgehead atoms. The highest BCUT2D eigenvalue weighted by molar-refractivity contribution is 7.99. The average molecular weight is 423 g/mol. The van der Waals surface area contributed by atoms with Gasteiger partial charge in [0.2, 0.25) is 0 Å². The van der Waals surface area contributed by atoms with E-state index in [9.17, 15) is 0 Å². The fraction of sp³-hybridized carbons (Fsp3) is 0.714. The summed E-state index contributed by atoms with van der Waals surface area (Å²) in [7, 11) is 0. The van der Waals surface area contributed by atoms with Gasteiger partial charge in [0.15, 0.2) is 5.16 Å². The van der Waals surface area contributed by atoms with Gasteiger partial charge in [0.1, 0.15) is 10.6 Å². The highest BCUT2D eigenvalue weighted by Crippen LogP contribution is 2.42. The zero-order chi connectivity index (χ0) is 20.1. The zero-order valence-electron chi connectivity index (χ0n) is 17.9. The molecule has 28 heavy (non-hydrogen) atoms. The maximum absolute atomic E-state index is 6.17. The zero-order valence-corrected chi connectivity index (χ0v) is 19.6. The molecule has 0 aromatic carbocycles. The van der Waals surface area contributed by atoms with Crippen LogP contribution in [0, 0.1) is 0 Å². The van der Waals surface area contributed by atoms with Gasteiger partial charge < -0.3 is 15.0 Å². The van der Waals surface area contributed by atoms with Crippen molar-refractivity contribution in [2.24, 2.45) is 0 Å². The van der Waals surface area contributed by atoms with Gasteiger partial charge in [-0.05, 0) is 50.7 Å². The van der Waals surface area contributed by atoms with Crippen molar-refractivity contribution >= 4 is 39.1 Å². The summed E-state index contributed by atoms with van der Waals surface area (Å²) in [4.78, 5) is 14.6. The molecule has 0 aliphatic carbocycles. The number of rotatable bonds is 10. The lowest BCUT2D eigenvalue weighted by atomic mass is 9.90. The van der Waals surface area contributed by atoms with Crippen molar-refractivity contribution < 1.29 is 4.74 Å². The first-order chi connectivity index (χ1) is 13.5. The number of hydrogen-bond donors (Lipinski definition) is 1. The van der Waals surface area contributed by atoms with E-state index in [1.165, 1.54) is 15.8 Å². The van der Waals surface area contributed by atoms with Crippen molar-refractivity contribution in [1.29, 1.82) is 0 Å². The lowest BCUT2D eigenvalue weighted by molar-refractivity contribution is -0.0542. The van der Waals surface area contributed by atoms with Crippen molar-refractivity contribution in [3.8, 4) is 0 Å². The first kappa shape index (κ1) is 21.8.